The van der Waals surface area contributed by atoms with Crippen LogP contribution in [0.1, 0.15) is 31.2 Å². The van der Waals surface area contributed by atoms with Gasteiger partial charge >= 0.3 is 12.0 Å². The molecule has 1 fully saturated rings. The van der Waals surface area contributed by atoms with Crippen molar-refractivity contribution in [1.29, 1.82) is 0 Å². The molecule has 2 amide bonds. The van der Waals surface area contributed by atoms with Crippen LogP contribution in [0.4, 0.5) is 10.6 Å². The summed E-state index contributed by atoms with van der Waals surface area (Å²) in [5.41, 5.74) is 0.934. The number of carboxylic acids is 1. The van der Waals surface area contributed by atoms with Gasteiger partial charge in [-0.3, -0.25) is 4.79 Å². The summed E-state index contributed by atoms with van der Waals surface area (Å²) in [6, 6.07) is 3.65. The third kappa shape index (κ3) is 5.23. The predicted octanol–water partition coefficient (Wildman–Crippen LogP) is 1.35. The van der Waals surface area contributed by atoms with Crippen molar-refractivity contribution in [2.75, 3.05) is 24.5 Å². The molecule has 1 aliphatic heterocycles. The SMILES string of the molecule is O=C(O)CCCNC(=O)NCc1ccc(N2CCCC2)nc1. The Hall–Kier alpha value is -2.31. The lowest BCUT2D eigenvalue weighted by atomic mass is 10.3. The van der Waals surface area contributed by atoms with Gasteiger partial charge in [0.1, 0.15) is 5.82 Å². The summed E-state index contributed by atoms with van der Waals surface area (Å²) < 4.78 is 0. The van der Waals surface area contributed by atoms with Crippen LogP contribution in [0.25, 0.3) is 0 Å². The van der Waals surface area contributed by atoms with E-state index in [9.17, 15) is 9.59 Å². The predicted molar refractivity (Wildman–Crippen MR) is 82.8 cm³/mol. The van der Waals surface area contributed by atoms with Gasteiger partial charge in [0, 0.05) is 38.8 Å². The van der Waals surface area contributed by atoms with Crippen molar-refractivity contribution >= 4 is 17.8 Å². The number of carboxylic acid groups (broad SMARTS) is 1. The van der Waals surface area contributed by atoms with Crippen molar-refractivity contribution in [3.05, 3.63) is 23.9 Å². The number of anilines is 1. The first-order chi connectivity index (χ1) is 10.6. The van der Waals surface area contributed by atoms with Gasteiger partial charge in [-0.05, 0) is 30.9 Å². The molecular weight excluding hydrogens is 284 g/mol. The first kappa shape index (κ1) is 16.1. The molecule has 7 nitrogen and oxygen atoms in total. The van der Waals surface area contributed by atoms with Crippen LogP contribution in [0.3, 0.4) is 0 Å². The van der Waals surface area contributed by atoms with E-state index in [1.54, 1.807) is 6.20 Å². The normalized spacial score (nSPS) is 13.9. The van der Waals surface area contributed by atoms with Crippen molar-refractivity contribution < 1.29 is 14.7 Å². The zero-order valence-corrected chi connectivity index (χ0v) is 12.5. The minimum Gasteiger partial charge on any atom is -0.481 e. The average Bonchev–Trinajstić information content (AvgIpc) is 3.04. The van der Waals surface area contributed by atoms with Gasteiger partial charge in [-0.1, -0.05) is 6.07 Å². The van der Waals surface area contributed by atoms with Crippen LogP contribution in [0.15, 0.2) is 18.3 Å². The van der Waals surface area contributed by atoms with E-state index in [-0.39, 0.29) is 12.5 Å². The molecule has 120 valence electrons. The van der Waals surface area contributed by atoms with E-state index in [2.05, 4.69) is 20.5 Å². The number of aliphatic carboxylic acids is 1. The lowest BCUT2D eigenvalue weighted by Crippen LogP contribution is -2.35. The molecule has 0 saturated carbocycles. The summed E-state index contributed by atoms with van der Waals surface area (Å²) in [4.78, 5) is 28.6. The summed E-state index contributed by atoms with van der Waals surface area (Å²) in [6.07, 6.45) is 4.69. The summed E-state index contributed by atoms with van der Waals surface area (Å²) in [5.74, 6) is 0.130. The second kappa shape index (κ2) is 8.21. The van der Waals surface area contributed by atoms with Gasteiger partial charge in [0.25, 0.3) is 0 Å². The Morgan fingerprint density at radius 3 is 2.64 bits per heavy atom. The maximum Gasteiger partial charge on any atom is 0.315 e. The molecule has 3 N–H and O–H groups in total. The third-order valence-electron chi connectivity index (χ3n) is 3.55. The van der Waals surface area contributed by atoms with Gasteiger partial charge in [-0.15, -0.1) is 0 Å². The number of hydrogen-bond acceptors (Lipinski definition) is 4. The Morgan fingerprint density at radius 1 is 1.23 bits per heavy atom. The van der Waals surface area contributed by atoms with E-state index < -0.39 is 5.97 Å². The monoisotopic (exact) mass is 306 g/mol. The molecule has 1 aliphatic rings. The van der Waals surface area contributed by atoms with E-state index in [4.69, 9.17) is 5.11 Å². The lowest BCUT2D eigenvalue weighted by molar-refractivity contribution is -0.137. The van der Waals surface area contributed by atoms with Crippen molar-refractivity contribution in [2.45, 2.75) is 32.2 Å². The summed E-state index contributed by atoms with van der Waals surface area (Å²) in [6.45, 7) is 2.87. The van der Waals surface area contributed by atoms with Crippen molar-refractivity contribution in [3.8, 4) is 0 Å². The van der Waals surface area contributed by atoms with Crippen LogP contribution in [0.5, 0.6) is 0 Å². The number of carbonyl (C=O) groups is 2. The summed E-state index contributed by atoms with van der Waals surface area (Å²) in [5, 5.41) is 13.8. The smallest absolute Gasteiger partial charge is 0.315 e. The van der Waals surface area contributed by atoms with Gasteiger partial charge in [0.2, 0.25) is 0 Å². The first-order valence-corrected chi connectivity index (χ1v) is 7.58. The van der Waals surface area contributed by atoms with E-state index in [1.165, 1.54) is 12.8 Å². The molecule has 0 spiro atoms. The molecule has 22 heavy (non-hydrogen) atoms. The molecule has 2 heterocycles. The molecule has 1 saturated heterocycles. The van der Waals surface area contributed by atoms with Gasteiger partial charge in [0.05, 0.1) is 0 Å². The first-order valence-electron chi connectivity index (χ1n) is 7.58. The molecule has 7 heteroatoms. The molecule has 0 unspecified atom stereocenters. The number of hydrogen-bond donors (Lipinski definition) is 3. The fourth-order valence-corrected chi connectivity index (χ4v) is 2.34. The number of aromatic nitrogens is 1. The highest BCUT2D eigenvalue weighted by Gasteiger charge is 2.12. The Morgan fingerprint density at radius 2 is 2.00 bits per heavy atom. The van der Waals surface area contributed by atoms with E-state index >= 15 is 0 Å². The third-order valence-corrected chi connectivity index (χ3v) is 3.55. The highest BCUT2D eigenvalue weighted by atomic mass is 16.4. The summed E-state index contributed by atoms with van der Waals surface area (Å²) >= 11 is 0. The lowest BCUT2D eigenvalue weighted by Gasteiger charge is -2.16. The van der Waals surface area contributed by atoms with Crippen molar-refractivity contribution in [1.82, 2.24) is 15.6 Å². The molecule has 1 aromatic heterocycles. The van der Waals surface area contributed by atoms with Gasteiger partial charge < -0.3 is 20.6 Å². The maximum absolute atomic E-state index is 11.5. The largest absolute Gasteiger partial charge is 0.481 e. The Balaban J connectivity index is 1.67. The van der Waals surface area contributed by atoms with Gasteiger partial charge in [-0.25, -0.2) is 9.78 Å². The second-order valence-corrected chi connectivity index (χ2v) is 5.33. The quantitative estimate of drug-likeness (QED) is 0.661. The van der Waals surface area contributed by atoms with Crippen LogP contribution in [-0.4, -0.2) is 41.7 Å². The fraction of sp³-hybridized carbons (Fsp3) is 0.533. The zero-order chi connectivity index (χ0) is 15.8. The van der Waals surface area contributed by atoms with Gasteiger partial charge in [0.15, 0.2) is 0 Å². The minimum atomic E-state index is -0.855. The van der Waals surface area contributed by atoms with Crippen LogP contribution >= 0.6 is 0 Å². The molecule has 0 radical (unpaired) electrons. The Kier molecular flexibility index (Phi) is 6.00. The summed E-state index contributed by atoms with van der Waals surface area (Å²) in [7, 11) is 0. The van der Waals surface area contributed by atoms with Crippen LogP contribution in [-0.2, 0) is 11.3 Å². The number of rotatable bonds is 7. The maximum atomic E-state index is 11.5. The molecule has 0 atom stereocenters. The molecule has 0 aromatic carbocycles. The molecular formula is C15H22N4O3. The number of carbonyl (C=O) groups excluding carboxylic acids is 1. The highest BCUT2D eigenvalue weighted by Crippen LogP contribution is 2.17. The number of pyridine rings is 1. The Labute approximate surface area is 129 Å². The second-order valence-electron chi connectivity index (χ2n) is 5.33. The highest BCUT2D eigenvalue weighted by molar-refractivity contribution is 5.73. The fourth-order valence-electron chi connectivity index (χ4n) is 2.34. The number of amides is 2. The standard InChI is InChI=1S/C15H22N4O3/c20-14(21)4-3-7-16-15(22)18-11-12-5-6-13(17-10-12)19-8-1-2-9-19/h5-6,10H,1-4,7-9,11H2,(H,20,21)(H2,16,18,22). The minimum absolute atomic E-state index is 0.0577. The van der Waals surface area contributed by atoms with Crippen molar-refractivity contribution in [2.24, 2.45) is 0 Å². The number of nitrogens with zero attached hydrogens (tertiary/aromatic N) is 2. The molecule has 0 aliphatic carbocycles. The van der Waals surface area contributed by atoms with Crippen LogP contribution in [0, 0.1) is 0 Å². The topological polar surface area (TPSA) is 94.6 Å². The van der Waals surface area contributed by atoms with Gasteiger partial charge in [-0.2, -0.15) is 0 Å². The molecule has 2 rings (SSSR count). The van der Waals surface area contributed by atoms with Crippen molar-refractivity contribution in [3.63, 3.8) is 0 Å². The van der Waals surface area contributed by atoms with Crippen LogP contribution < -0.4 is 15.5 Å². The van der Waals surface area contributed by atoms with Crippen LogP contribution in [0.2, 0.25) is 0 Å². The zero-order valence-electron chi connectivity index (χ0n) is 12.5. The molecule has 1 aromatic rings. The van der Waals surface area contributed by atoms with E-state index in [0.29, 0.717) is 19.5 Å². The number of nitrogens with one attached hydrogen (secondary N) is 2. The number of urea groups is 1. The molecule has 0 bridgehead atoms. The van der Waals surface area contributed by atoms with E-state index in [1.807, 2.05) is 12.1 Å². The van der Waals surface area contributed by atoms with E-state index in [0.717, 1.165) is 24.5 Å². The average molecular weight is 306 g/mol. The Bertz CT molecular complexity index is 498.